The van der Waals surface area contributed by atoms with E-state index in [1.807, 2.05) is 0 Å². The number of hydrogen-bond donors (Lipinski definition) is 0. The van der Waals surface area contributed by atoms with Gasteiger partial charge in [-0.25, -0.2) is 0 Å². The van der Waals surface area contributed by atoms with Crippen molar-refractivity contribution in [1.29, 1.82) is 0 Å². The third kappa shape index (κ3) is 2.91. The first kappa shape index (κ1) is 12.7. The van der Waals surface area contributed by atoms with Gasteiger partial charge in [0, 0.05) is 9.75 Å². The van der Waals surface area contributed by atoms with Gasteiger partial charge in [0.05, 0.1) is 5.38 Å². The molecule has 90 valence electrons. The Balaban J connectivity index is 2.22. The normalized spacial score (nSPS) is 13.0. The molecule has 0 N–H and O–H groups in total. The Hall–Kier alpha value is -0.790. The summed E-state index contributed by atoms with van der Waals surface area (Å²) in [4.78, 5) is 2.53. The van der Waals surface area contributed by atoms with Gasteiger partial charge in [-0.3, -0.25) is 0 Å². The minimum atomic E-state index is -0.0186. The molecule has 1 atom stereocenters. The van der Waals surface area contributed by atoms with Gasteiger partial charge in [-0.1, -0.05) is 38.1 Å². The van der Waals surface area contributed by atoms with Crippen molar-refractivity contribution in [1.82, 2.24) is 0 Å². The van der Waals surface area contributed by atoms with Crippen LogP contribution >= 0.6 is 22.9 Å². The molecule has 0 nitrogen and oxygen atoms in total. The Kier molecular flexibility index (Phi) is 3.90. The molecule has 0 fully saturated rings. The van der Waals surface area contributed by atoms with Crippen LogP contribution in [0.25, 0.3) is 0 Å². The fourth-order valence-corrected chi connectivity index (χ4v) is 3.04. The maximum Gasteiger partial charge on any atom is 0.0927 e. The zero-order valence-electron chi connectivity index (χ0n) is 10.4. The molecule has 0 spiro atoms. The predicted octanol–water partition coefficient (Wildman–Crippen LogP) is 5.51. The molecule has 0 aliphatic rings. The van der Waals surface area contributed by atoms with Crippen molar-refractivity contribution in [3.05, 3.63) is 57.3 Å². The van der Waals surface area contributed by atoms with Crippen molar-refractivity contribution in [3.8, 4) is 0 Å². The maximum atomic E-state index is 6.49. The van der Waals surface area contributed by atoms with Gasteiger partial charge in [-0.05, 0) is 36.1 Å². The molecule has 0 aliphatic carbocycles. The molecule has 2 rings (SSSR count). The van der Waals surface area contributed by atoms with Gasteiger partial charge in [0.2, 0.25) is 0 Å². The quantitative estimate of drug-likeness (QED) is 0.642. The molecular formula is C15H17ClS. The first-order valence-electron chi connectivity index (χ1n) is 5.88. The second kappa shape index (κ2) is 5.24. The topological polar surface area (TPSA) is 0 Å². The fraction of sp³-hybridized carbons (Fsp3) is 0.333. The molecule has 0 saturated heterocycles. The molecule has 0 amide bonds. The van der Waals surface area contributed by atoms with Gasteiger partial charge in [0.15, 0.2) is 0 Å². The smallest absolute Gasteiger partial charge is 0.0927 e. The first-order chi connectivity index (χ1) is 8.08. The van der Waals surface area contributed by atoms with Crippen LogP contribution in [0.1, 0.15) is 46.0 Å². The molecule has 2 aromatic rings. The number of thiophene rings is 1. The maximum absolute atomic E-state index is 6.49. The van der Waals surface area contributed by atoms with Crippen LogP contribution in [-0.2, 0) is 0 Å². The van der Waals surface area contributed by atoms with E-state index in [0.29, 0.717) is 5.92 Å². The summed E-state index contributed by atoms with van der Waals surface area (Å²) in [5.41, 5.74) is 2.54. The van der Waals surface area contributed by atoms with Gasteiger partial charge in [0.1, 0.15) is 0 Å². The van der Waals surface area contributed by atoms with Gasteiger partial charge in [-0.15, -0.1) is 22.9 Å². The lowest BCUT2D eigenvalue weighted by Crippen LogP contribution is -1.92. The van der Waals surface area contributed by atoms with E-state index >= 15 is 0 Å². The summed E-state index contributed by atoms with van der Waals surface area (Å²) in [5, 5.41) is -0.0186. The summed E-state index contributed by atoms with van der Waals surface area (Å²) >= 11 is 8.26. The zero-order chi connectivity index (χ0) is 12.4. The molecular weight excluding hydrogens is 248 g/mol. The molecule has 17 heavy (non-hydrogen) atoms. The van der Waals surface area contributed by atoms with Gasteiger partial charge < -0.3 is 0 Å². The Morgan fingerprint density at radius 3 is 2.00 bits per heavy atom. The third-order valence-corrected chi connectivity index (χ3v) is 4.59. The first-order valence-corrected chi connectivity index (χ1v) is 7.13. The lowest BCUT2D eigenvalue weighted by atomic mass is 10.0. The molecule has 0 aliphatic heterocycles. The van der Waals surface area contributed by atoms with Crippen LogP contribution in [0.15, 0.2) is 36.4 Å². The molecule has 0 bridgehead atoms. The summed E-state index contributed by atoms with van der Waals surface area (Å²) in [6.45, 7) is 6.52. The van der Waals surface area contributed by atoms with Crippen LogP contribution < -0.4 is 0 Å². The standard InChI is InChI=1S/C15H17ClS/c1-10(2)12-5-7-13(8-6-12)15(16)14-9-4-11(3)17-14/h4-10,15H,1-3H3. The largest absolute Gasteiger partial charge is 0.144 e. The monoisotopic (exact) mass is 264 g/mol. The van der Waals surface area contributed by atoms with Crippen LogP contribution in [0.4, 0.5) is 0 Å². The van der Waals surface area contributed by atoms with E-state index in [2.05, 4.69) is 57.2 Å². The minimum Gasteiger partial charge on any atom is -0.144 e. The van der Waals surface area contributed by atoms with Crippen LogP contribution in [0.2, 0.25) is 0 Å². The van der Waals surface area contributed by atoms with E-state index in [9.17, 15) is 0 Å². The second-order valence-electron chi connectivity index (χ2n) is 4.63. The summed E-state index contributed by atoms with van der Waals surface area (Å²) in [6, 6.07) is 12.9. The summed E-state index contributed by atoms with van der Waals surface area (Å²) in [5.74, 6) is 0.571. The lowest BCUT2D eigenvalue weighted by molar-refractivity contribution is 0.865. The summed E-state index contributed by atoms with van der Waals surface area (Å²) in [7, 11) is 0. The molecule has 2 heteroatoms. The van der Waals surface area contributed by atoms with Crippen molar-refractivity contribution in [2.75, 3.05) is 0 Å². The highest BCUT2D eigenvalue weighted by Crippen LogP contribution is 2.33. The van der Waals surface area contributed by atoms with Crippen molar-refractivity contribution in [3.63, 3.8) is 0 Å². The molecule has 1 aromatic carbocycles. The number of halogens is 1. The zero-order valence-corrected chi connectivity index (χ0v) is 12.0. The summed E-state index contributed by atoms with van der Waals surface area (Å²) < 4.78 is 0. The van der Waals surface area contributed by atoms with Crippen LogP contribution in [0.3, 0.4) is 0 Å². The second-order valence-corrected chi connectivity index (χ2v) is 6.39. The Bertz CT molecular complexity index is 482. The lowest BCUT2D eigenvalue weighted by Gasteiger charge is -2.10. The highest BCUT2D eigenvalue weighted by Gasteiger charge is 2.12. The van der Waals surface area contributed by atoms with Crippen LogP contribution in [-0.4, -0.2) is 0 Å². The highest BCUT2D eigenvalue weighted by molar-refractivity contribution is 7.12. The Morgan fingerprint density at radius 1 is 0.941 bits per heavy atom. The van der Waals surface area contributed by atoms with E-state index in [-0.39, 0.29) is 5.38 Å². The molecule has 1 heterocycles. The van der Waals surface area contributed by atoms with E-state index in [1.165, 1.54) is 20.9 Å². The van der Waals surface area contributed by atoms with Gasteiger partial charge in [-0.2, -0.15) is 0 Å². The van der Waals surface area contributed by atoms with Crippen molar-refractivity contribution in [2.24, 2.45) is 0 Å². The SMILES string of the molecule is Cc1ccc(C(Cl)c2ccc(C(C)C)cc2)s1. The Morgan fingerprint density at radius 2 is 1.53 bits per heavy atom. The van der Waals surface area contributed by atoms with E-state index in [4.69, 9.17) is 11.6 Å². The van der Waals surface area contributed by atoms with E-state index in [1.54, 1.807) is 11.3 Å². The number of benzene rings is 1. The third-order valence-electron chi connectivity index (χ3n) is 2.91. The van der Waals surface area contributed by atoms with Crippen molar-refractivity contribution < 1.29 is 0 Å². The fourth-order valence-electron chi connectivity index (χ4n) is 1.80. The number of aryl methyl sites for hydroxylation is 1. The van der Waals surface area contributed by atoms with Gasteiger partial charge in [0.25, 0.3) is 0 Å². The number of alkyl halides is 1. The van der Waals surface area contributed by atoms with Crippen molar-refractivity contribution in [2.45, 2.75) is 32.1 Å². The number of hydrogen-bond acceptors (Lipinski definition) is 1. The van der Waals surface area contributed by atoms with Crippen molar-refractivity contribution >= 4 is 22.9 Å². The molecule has 0 saturated carbocycles. The van der Waals surface area contributed by atoms with Crippen LogP contribution in [0, 0.1) is 6.92 Å². The van der Waals surface area contributed by atoms with E-state index < -0.39 is 0 Å². The number of rotatable bonds is 3. The average Bonchev–Trinajstić information content (AvgIpc) is 2.75. The minimum absolute atomic E-state index is 0.0186. The highest BCUT2D eigenvalue weighted by atomic mass is 35.5. The van der Waals surface area contributed by atoms with E-state index in [0.717, 1.165) is 0 Å². The van der Waals surface area contributed by atoms with Gasteiger partial charge >= 0.3 is 0 Å². The average molecular weight is 265 g/mol. The molecule has 1 unspecified atom stereocenters. The van der Waals surface area contributed by atoms with Crippen LogP contribution in [0.5, 0.6) is 0 Å². The predicted molar refractivity (Wildman–Crippen MR) is 77.3 cm³/mol. The molecule has 0 radical (unpaired) electrons. The Labute approximate surface area is 112 Å². The summed E-state index contributed by atoms with van der Waals surface area (Å²) in [6.07, 6.45) is 0. The molecule has 1 aromatic heterocycles.